The molecule has 0 saturated carbocycles. The summed E-state index contributed by atoms with van der Waals surface area (Å²) in [6.07, 6.45) is 0. The molecule has 2 heteroatoms. The molecule has 2 aromatic carbocycles. The van der Waals surface area contributed by atoms with Crippen LogP contribution in [0.15, 0.2) is 30.3 Å². The summed E-state index contributed by atoms with van der Waals surface area (Å²) in [6, 6.07) is 9.43. The molecule has 0 N–H and O–H groups in total. The van der Waals surface area contributed by atoms with Crippen LogP contribution in [-0.4, -0.2) is 0 Å². The molecule has 0 nitrogen and oxygen atoms in total. The van der Waals surface area contributed by atoms with Gasteiger partial charge in [-0.25, -0.2) is 0 Å². The standard InChI is InChI=1S/C11H7Cl2/c1-7-5-9(12)6-8-3-2-4-10(13)11(7)8/h2-6H,1H2. The lowest BCUT2D eigenvalue weighted by atomic mass is 10.1. The first kappa shape index (κ1) is 8.86. The smallest absolute Gasteiger partial charge is 0.0487 e. The molecule has 0 atom stereocenters. The molecular formula is C11H7Cl2. The van der Waals surface area contributed by atoms with Crippen LogP contribution in [0.25, 0.3) is 10.8 Å². The molecular weight excluding hydrogens is 203 g/mol. The van der Waals surface area contributed by atoms with Crippen LogP contribution in [0.1, 0.15) is 5.56 Å². The Kier molecular flexibility index (Phi) is 2.19. The molecule has 0 bridgehead atoms. The molecule has 0 amide bonds. The Labute approximate surface area is 87.1 Å². The Morgan fingerprint density at radius 2 is 1.85 bits per heavy atom. The number of fused-ring (bicyclic) bond motifs is 1. The molecule has 0 aromatic heterocycles. The first-order valence-corrected chi connectivity index (χ1v) is 4.64. The van der Waals surface area contributed by atoms with Crippen molar-refractivity contribution in [1.82, 2.24) is 0 Å². The Bertz CT molecular complexity index is 461. The van der Waals surface area contributed by atoms with Gasteiger partial charge in [-0.3, -0.25) is 0 Å². The third-order valence-corrected chi connectivity index (χ3v) is 2.51. The number of benzene rings is 2. The monoisotopic (exact) mass is 209 g/mol. The topological polar surface area (TPSA) is 0 Å². The SMILES string of the molecule is [CH2]c1cc(Cl)cc2cccc(Cl)c12. The maximum absolute atomic E-state index is 6.03. The van der Waals surface area contributed by atoms with Crippen molar-refractivity contribution in [3.05, 3.63) is 52.9 Å². The number of hydrogen-bond acceptors (Lipinski definition) is 0. The van der Waals surface area contributed by atoms with Gasteiger partial charge >= 0.3 is 0 Å². The molecule has 0 heterocycles. The Morgan fingerprint density at radius 3 is 2.62 bits per heavy atom. The van der Waals surface area contributed by atoms with E-state index in [0.717, 1.165) is 21.4 Å². The third-order valence-electron chi connectivity index (χ3n) is 1.97. The van der Waals surface area contributed by atoms with Crippen LogP contribution in [0.3, 0.4) is 0 Å². The Hall–Kier alpha value is -0.720. The van der Waals surface area contributed by atoms with E-state index in [2.05, 4.69) is 6.92 Å². The van der Waals surface area contributed by atoms with E-state index in [0.29, 0.717) is 5.02 Å². The summed E-state index contributed by atoms with van der Waals surface area (Å²) in [5.74, 6) is 0. The highest BCUT2D eigenvalue weighted by Crippen LogP contribution is 2.29. The lowest BCUT2D eigenvalue weighted by Crippen LogP contribution is -1.79. The molecule has 0 unspecified atom stereocenters. The fourth-order valence-electron chi connectivity index (χ4n) is 1.43. The minimum Gasteiger partial charge on any atom is -0.0843 e. The van der Waals surface area contributed by atoms with Crippen molar-refractivity contribution in [1.29, 1.82) is 0 Å². The highest BCUT2D eigenvalue weighted by Gasteiger charge is 2.02. The van der Waals surface area contributed by atoms with Gasteiger partial charge in [0, 0.05) is 15.4 Å². The lowest BCUT2D eigenvalue weighted by Gasteiger charge is -2.04. The fraction of sp³-hybridized carbons (Fsp3) is 0. The molecule has 1 radical (unpaired) electrons. The predicted molar refractivity (Wildman–Crippen MR) is 58.4 cm³/mol. The largest absolute Gasteiger partial charge is 0.0843 e. The minimum atomic E-state index is 0.694. The summed E-state index contributed by atoms with van der Waals surface area (Å²) in [5, 5.41) is 3.43. The van der Waals surface area contributed by atoms with Gasteiger partial charge in [0.05, 0.1) is 0 Å². The lowest BCUT2D eigenvalue weighted by molar-refractivity contribution is 1.67. The van der Waals surface area contributed by atoms with Gasteiger partial charge in [-0.1, -0.05) is 35.3 Å². The molecule has 0 saturated heterocycles. The molecule has 0 aliphatic heterocycles. The quantitative estimate of drug-likeness (QED) is 0.607. The zero-order valence-corrected chi connectivity index (χ0v) is 8.36. The Balaban J connectivity index is 2.94. The first-order chi connectivity index (χ1) is 6.18. The van der Waals surface area contributed by atoms with E-state index in [4.69, 9.17) is 23.2 Å². The summed E-state index contributed by atoms with van der Waals surface area (Å²) >= 11 is 11.9. The summed E-state index contributed by atoms with van der Waals surface area (Å²) in [4.78, 5) is 0. The van der Waals surface area contributed by atoms with Crippen LogP contribution in [-0.2, 0) is 0 Å². The van der Waals surface area contributed by atoms with Gasteiger partial charge in [0.25, 0.3) is 0 Å². The second kappa shape index (κ2) is 3.21. The minimum absolute atomic E-state index is 0.694. The van der Waals surface area contributed by atoms with Gasteiger partial charge < -0.3 is 0 Å². The highest BCUT2D eigenvalue weighted by atomic mass is 35.5. The van der Waals surface area contributed by atoms with Gasteiger partial charge in [-0.05, 0) is 36.1 Å². The van der Waals surface area contributed by atoms with E-state index in [1.165, 1.54) is 0 Å². The molecule has 2 aromatic rings. The number of rotatable bonds is 0. The first-order valence-electron chi connectivity index (χ1n) is 3.88. The van der Waals surface area contributed by atoms with E-state index in [9.17, 15) is 0 Å². The number of halogens is 2. The van der Waals surface area contributed by atoms with Crippen LogP contribution in [0, 0.1) is 6.92 Å². The molecule has 65 valence electrons. The second-order valence-corrected chi connectivity index (χ2v) is 3.75. The fourth-order valence-corrected chi connectivity index (χ4v) is 1.98. The van der Waals surface area contributed by atoms with Gasteiger partial charge in [-0.2, -0.15) is 0 Å². The normalized spacial score (nSPS) is 10.7. The van der Waals surface area contributed by atoms with Gasteiger partial charge in [0.15, 0.2) is 0 Å². The predicted octanol–water partition coefficient (Wildman–Crippen LogP) is 4.33. The molecule has 0 aliphatic carbocycles. The molecule has 13 heavy (non-hydrogen) atoms. The highest BCUT2D eigenvalue weighted by molar-refractivity contribution is 6.36. The molecule has 0 aliphatic rings. The van der Waals surface area contributed by atoms with E-state index in [1.807, 2.05) is 30.3 Å². The summed E-state index contributed by atoms with van der Waals surface area (Å²) in [5.41, 5.74) is 0.869. The average molecular weight is 210 g/mol. The zero-order chi connectivity index (χ0) is 9.42. The molecule has 0 spiro atoms. The van der Waals surface area contributed by atoms with E-state index >= 15 is 0 Å². The molecule has 0 fully saturated rings. The summed E-state index contributed by atoms with van der Waals surface area (Å²) in [7, 11) is 0. The maximum Gasteiger partial charge on any atom is 0.0487 e. The van der Waals surface area contributed by atoms with Crippen LogP contribution < -0.4 is 0 Å². The van der Waals surface area contributed by atoms with Gasteiger partial charge in [0.1, 0.15) is 0 Å². The maximum atomic E-state index is 6.03. The summed E-state index contributed by atoms with van der Waals surface area (Å²) < 4.78 is 0. The van der Waals surface area contributed by atoms with Crippen molar-refractivity contribution >= 4 is 34.0 Å². The van der Waals surface area contributed by atoms with Crippen molar-refractivity contribution in [2.45, 2.75) is 0 Å². The van der Waals surface area contributed by atoms with Crippen molar-refractivity contribution in [3.63, 3.8) is 0 Å². The van der Waals surface area contributed by atoms with Crippen LogP contribution in [0.5, 0.6) is 0 Å². The zero-order valence-electron chi connectivity index (χ0n) is 6.85. The van der Waals surface area contributed by atoms with Gasteiger partial charge in [0.2, 0.25) is 0 Å². The van der Waals surface area contributed by atoms with Crippen molar-refractivity contribution < 1.29 is 0 Å². The van der Waals surface area contributed by atoms with Crippen molar-refractivity contribution in [2.75, 3.05) is 0 Å². The van der Waals surface area contributed by atoms with E-state index in [-0.39, 0.29) is 0 Å². The third kappa shape index (κ3) is 1.52. The van der Waals surface area contributed by atoms with Crippen molar-refractivity contribution in [3.8, 4) is 0 Å². The number of hydrogen-bond donors (Lipinski definition) is 0. The average Bonchev–Trinajstić information content (AvgIpc) is 2.02. The molecule has 2 rings (SSSR count). The van der Waals surface area contributed by atoms with Crippen LogP contribution in [0.4, 0.5) is 0 Å². The van der Waals surface area contributed by atoms with E-state index < -0.39 is 0 Å². The van der Waals surface area contributed by atoms with Crippen LogP contribution in [0.2, 0.25) is 10.0 Å². The van der Waals surface area contributed by atoms with Gasteiger partial charge in [-0.15, -0.1) is 0 Å². The second-order valence-electron chi connectivity index (χ2n) is 2.90. The van der Waals surface area contributed by atoms with E-state index in [1.54, 1.807) is 0 Å². The van der Waals surface area contributed by atoms with Crippen LogP contribution >= 0.6 is 23.2 Å². The van der Waals surface area contributed by atoms with Crippen molar-refractivity contribution in [2.24, 2.45) is 0 Å². The summed E-state index contributed by atoms with van der Waals surface area (Å²) in [6.45, 7) is 3.90. The Morgan fingerprint density at radius 1 is 1.08 bits per heavy atom.